The number of anilines is 2. The average molecular weight is 450 g/mol. The number of fused-ring (bicyclic) bond motifs is 1. The molecule has 3 aromatic rings. The van der Waals surface area contributed by atoms with Gasteiger partial charge in [0.2, 0.25) is 0 Å². The van der Waals surface area contributed by atoms with E-state index in [9.17, 15) is 0 Å². The summed E-state index contributed by atoms with van der Waals surface area (Å²) in [5, 5.41) is 4.28. The highest BCUT2D eigenvalue weighted by atomic mass is 35.5. The second kappa shape index (κ2) is 10.2. The van der Waals surface area contributed by atoms with Crippen LogP contribution in [0.4, 0.5) is 11.5 Å². The summed E-state index contributed by atoms with van der Waals surface area (Å²) in [6.45, 7) is 0.841. The first kappa shape index (κ1) is 22.5. The van der Waals surface area contributed by atoms with Gasteiger partial charge in [-0.05, 0) is 6.07 Å². The van der Waals surface area contributed by atoms with E-state index in [2.05, 4.69) is 15.3 Å². The van der Waals surface area contributed by atoms with Crippen molar-refractivity contribution >= 4 is 34.0 Å². The van der Waals surface area contributed by atoms with Gasteiger partial charge in [0.05, 0.1) is 46.3 Å². The van der Waals surface area contributed by atoms with Gasteiger partial charge in [-0.15, -0.1) is 0 Å². The zero-order valence-electron chi connectivity index (χ0n) is 17.9. The number of rotatable bonds is 10. The van der Waals surface area contributed by atoms with E-state index in [4.69, 9.17) is 40.0 Å². The Hall–Kier alpha value is -3.17. The van der Waals surface area contributed by atoms with Crippen LogP contribution < -0.4 is 29.0 Å². The number of nitrogens with one attached hydrogen (secondary N) is 1. The Kier molecular flexibility index (Phi) is 7.43. The minimum Gasteiger partial charge on any atom is -0.495 e. The maximum Gasteiger partial charge on any atom is 0.186 e. The van der Waals surface area contributed by atoms with Crippen molar-refractivity contribution in [1.29, 1.82) is 0 Å². The quantitative estimate of drug-likeness (QED) is 0.459. The summed E-state index contributed by atoms with van der Waals surface area (Å²) in [4.78, 5) is 8.74. The normalized spacial score (nSPS) is 10.6. The smallest absolute Gasteiger partial charge is 0.186 e. The maximum atomic E-state index is 6.35. The molecule has 0 spiro atoms. The molecule has 0 saturated carbocycles. The molecule has 0 radical (unpaired) electrons. The second-order valence-corrected chi connectivity index (χ2v) is 6.59. The molecular formula is C21H24ClN3O6. The third-order valence-corrected chi connectivity index (χ3v) is 4.85. The number of hydrogen-bond donors (Lipinski definition) is 1. The van der Waals surface area contributed by atoms with Gasteiger partial charge in [-0.1, -0.05) is 11.6 Å². The molecule has 0 fully saturated rings. The molecule has 166 valence electrons. The van der Waals surface area contributed by atoms with Gasteiger partial charge in [0.15, 0.2) is 23.0 Å². The van der Waals surface area contributed by atoms with Crippen molar-refractivity contribution in [2.75, 3.05) is 54.1 Å². The molecule has 2 aromatic carbocycles. The van der Waals surface area contributed by atoms with Crippen LogP contribution >= 0.6 is 11.6 Å². The topological polar surface area (TPSA) is 93.2 Å². The van der Waals surface area contributed by atoms with E-state index < -0.39 is 0 Å². The van der Waals surface area contributed by atoms with Crippen LogP contribution in [0.15, 0.2) is 24.5 Å². The first-order valence-corrected chi connectivity index (χ1v) is 9.65. The van der Waals surface area contributed by atoms with Crippen molar-refractivity contribution in [3.63, 3.8) is 0 Å². The van der Waals surface area contributed by atoms with Crippen molar-refractivity contribution in [3.8, 4) is 28.7 Å². The van der Waals surface area contributed by atoms with Crippen LogP contribution in [0.2, 0.25) is 5.02 Å². The molecule has 3 rings (SSSR count). The summed E-state index contributed by atoms with van der Waals surface area (Å²) in [7, 11) is 7.73. The predicted octanol–water partition coefficient (Wildman–Crippen LogP) is 4.09. The molecule has 0 saturated heterocycles. The minimum atomic E-state index is 0.305. The summed E-state index contributed by atoms with van der Waals surface area (Å²) >= 11 is 6.35. The SMILES string of the molecule is COCCOc1cc2ncnc(Nc3cc(OC)c(Cl)c(OC)c3OC)c2cc1OC. The van der Waals surface area contributed by atoms with Crippen molar-refractivity contribution in [2.24, 2.45) is 0 Å². The third-order valence-electron chi connectivity index (χ3n) is 4.49. The van der Waals surface area contributed by atoms with Gasteiger partial charge < -0.3 is 33.7 Å². The van der Waals surface area contributed by atoms with E-state index in [1.54, 1.807) is 32.4 Å². The fraction of sp³-hybridized carbons (Fsp3) is 0.333. The van der Waals surface area contributed by atoms with Gasteiger partial charge in [0.1, 0.15) is 29.5 Å². The highest BCUT2D eigenvalue weighted by Crippen LogP contribution is 2.47. The Morgan fingerprint density at radius 3 is 2.19 bits per heavy atom. The van der Waals surface area contributed by atoms with Gasteiger partial charge in [-0.3, -0.25) is 0 Å². The van der Waals surface area contributed by atoms with Crippen molar-refractivity contribution in [1.82, 2.24) is 9.97 Å². The highest BCUT2D eigenvalue weighted by Gasteiger charge is 2.21. The molecule has 1 N–H and O–H groups in total. The van der Waals surface area contributed by atoms with Crippen LogP contribution in [-0.2, 0) is 4.74 Å². The van der Waals surface area contributed by atoms with E-state index in [1.807, 2.05) is 0 Å². The van der Waals surface area contributed by atoms with E-state index in [0.717, 1.165) is 0 Å². The van der Waals surface area contributed by atoms with Gasteiger partial charge in [-0.25, -0.2) is 9.97 Å². The first-order valence-electron chi connectivity index (χ1n) is 9.27. The van der Waals surface area contributed by atoms with Gasteiger partial charge >= 0.3 is 0 Å². The molecular weight excluding hydrogens is 426 g/mol. The third kappa shape index (κ3) is 4.62. The zero-order chi connectivity index (χ0) is 22.4. The molecule has 10 heteroatoms. The number of benzene rings is 2. The Labute approximate surface area is 185 Å². The molecule has 0 atom stereocenters. The molecule has 1 heterocycles. The van der Waals surface area contributed by atoms with Crippen LogP contribution in [0.5, 0.6) is 28.7 Å². The van der Waals surface area contributed by atoms with Crippen LogP contribution in [0.1, 0.15) is 0 Å². The van der Waals surface area contributed by atoms with Crippen molar-refractivity contribution in [2.45, 2.75) is 0 Å². The van der Waals surface area contributed by atoms with Crippen LogP contribution in [0.25, 0.3) is 10.9 Å². The Morgan fingerprint density at radius 1 is 0.806 bits per heavy atom. The summed E-state index contributed by atoms with van der Waals surface area (Å²) < 4.78 is 32.6. The van der Waals surface area contributed by atoms with Crippen molar-refractivity contribution in [3.05, 3.63) is 29.5 Å². The average Bonchev–Trinajstić information content (AvgIpc) is 2.79. The first-order chi connectivity index (χ1) is 15.1. The number of hydrogen-bond acceptors (Lipinski definition) is 9. The molecule has 0 bridgehead atoms. The summed E-state index contributed by atoms with van der Waals surface area (Å²) in [5.74, 6) is 2.80. The number of ether oxygens (including phenoxy) is 6. The van der Waals surface area contributed by atoms with E-state index in [1.165, 1.54) is 27.7 Å². The Bertz CT molecular complexity index is 1060. The number of nitrogens with zero attached hydrogens (tertiary/aromatic N) is 2. The van der Waals surface area contributed by atoms with Gasteiger partial charge in [-0.2, -0.15) is 0 Å². The molecule has 0 aliphatic carbocycles. The predicted molar refractivity (Wildman–Crippen MR) is 118 cm³/mol. The largest absolute Gasteiger partial charge is 0.495 e. The molecule has 0 aliphatic heterocycles. The molecule has 0 aliphatic rings. The monoisotopic (exact) mass is 449 g/mol. The number of halogens is 1. The molecule has 0 unspecified atom stereocenters. The molecule has 1 aromatic heterocycles. The van der Waals surface area contributed by atoms with Crippen LogP contribution in [0, 0.1) is 0 Å². The second-order valence-electron chi connectivity index (χ2n) is 6.22. The fourth-order valence-electron chi connectivity index (χ4n) is 3.02. The Balaban J connectivity index is 2.08. The number of aromatic nitrogens is 2. The summed E-state index contributed by atoms with van der Waals surface area (Å²) in [6.07, 6.45) is 1.45. The van der Waals surface area contributed by atoms with Gasteiger partial charge in [0.25, 0.3) is 0 Å². The highest BCUT2D eigenvalue weighted by molar-refractivity contribution is 6.34. The van der Waals surface area contributed by atoms with Crippen molar-refractivity contribution < 1.29 is 28.4 Å². The van der Waals surface area contributed by atoms with E-state index in [-0.39, 0.29) is 0 Å². The molecule has 9 nitrogen and oxygen atoms in total. The lowest BCUT2D eigenvalue weighted by atomic mass is 10.2. The lowest BCUT2D eigenvalue weighted by Gasteiger charge is -2.18. The summed E-state index contributed by atoms with van der Waals surface area (Å²) in [5.41, 5.74) is 1.22. The molecule has 0 amide bonds. The maximum absolute atomic E-state index is 6.35. The standard InChI is InChI=1S/C21H24ClN3O6/c1-26-6-7-31-16-9-13-12(8-15(16)27-2)21(24-11-23-13)25-14-10-17(28-3)18(22)20(30-5)19(14)29-4/h8-11H,6-7H2,1-5H3,(H,23,24,25). The lowest BCUT2D eigenvalue weighted by Crippen LogP contribution is -2.06. The van der Waals surface area contributed by atoms with E-state index in [0.29, 0.717) is 69.4 Å². The van der Waals surface area contributed by atoms with Crippen LogP contribution in [0.3, 0.4) is 0 Å². The van der Waals surface area contributed by atoms with E-state index >= 15 is 0 Å². The summed E-state index contributed by atoms with van der Waals surface area (Å²) in [6, 6.07) is 5.30. The zero-order valence-corrected chi connectivity index (χ0v) is 18.7. The van der Waals surface area contributed by atoms with Gasteiger partial charge in [0, 0.05) is 24.6 Å². The lowest BCUT2D eigenvalue weighted by molar-refractivity contribution is 0.144. The van der Waals surface area contributed by atoms with Crippen LogP contribution in [-0.4, -0.2) is 58.7 Å². The fourth-order valence-corrected chi connectivity index (χ4v) is 3.31. The Morgan fingerprint density at radius 2 is 1.55 bits per heavy atom. The number of methoxy groups -OCH3 is 5. The minimum absolute atomic E-state index is 0.305. The molecule has 31 heavy (non-hydrogen) atoms.